The smallest absolute Gasteiger partial charge is 0.410 e. The van der Waals surface area contributed by atoms with Gasteiger partial charge in [-0.05, 0) is 30.7 Å². The molecule has 1 amide bonds. The number of ether oxygens (including phenoxy) is 1. The molecule has 1 aromatic rings. The molecule has 0 aliphatic carbocycles. The molecule has 0 saturated carbocycles. The molecule has 0 unspecified atom stereocenters. The number of amides is 1. The molecule has 4 nitrogen and oxygen atoms in total. The molecule has 4 heteroatoms. The average Bonchev–Trinajstić information content (AvgIpc) is 2.29. The Morgan fingerprint density at radius 1 is 1.35 bits per heavy atom. The van der Waals surface area contributed by atoms with Crippen molar-refractivity contribution >= 4 is 6.09 Å². The van der Waals surface area contributed by atoms with Gasteiger partial charge in [-0.15, -0.1) is 0 Å². The van der Waals surface area contributed by atoms with E-state index < -0.39 is 6.09 Å². The van der Waals surface area contributed by atoms with E-state index in [1.807, 2.05) is 25.2 Å². The van der Waals surface area contributed by atoms with Gasteiger partial charge in [-0.2, -0.15) is 0 Å². The maximum absolute atomic E-state index is 11.4. The van der Waals surface area contributed by atoms with E-state index >= 15 is 0 Å². The van der Waals surface area contributed by atoms with Crippen LogP contribution in [0.1, 0.15) is 25.3 Å². The molecule has 0 atom stereocenters. The van der Waals surface area contributed by atoms with Gasteiger partial charge in [0.2, 0.25) is 0 Å². The van der Waals surface area contributed by atoms with Crippen molar-refractivity contribution in [3.8, 4) is 5.75 Å². The topological polar surface area (TPSA) is 50.4 Å². The van der Waals surface area contributed by atoms with Crippen molar-refractivity contribution in [1.82, 2.24) is 10.6 Å². The van der Waals surface area contributed by atoms with Gasteiger partial charge in [0, 0.05) is 13.1 Å². The molecule has 0 radical (unpaired) electrons. The fourth-order valence-corrected chi connectivity index (χ4v) is 1.37. The monoisotopic (exact) mass is 236 g/mol. The number of rotatable bonds is 5. The number of carbonyl (C=O) groups is 1. The maximum Gasteiger partial charge on any atom is 0.412 e. The highest BCUT2D eigenvalue weighted by molar-refractivity contribution is 5.70. The van der Waals surface area contributed by atoms with Crippen molar-refractivity contribution in [2.75, 3.05) is 20.1 Å². The Morgan fingerprint density at radius 2 is 2.12 bits per heavy atom. The van der Waals surface area contributed by atoms with Gasteiger partial charge >= 0.3 is 6.09 Å². The molecule has 1 rings (SSSR count). The predicted octanol–water partition coefficient (Wildman–Crippen LogP) is 2.12. The van der Waals surface area contributed by atoms with E-state index in [4.69, 9.17) is 4.74 Å². The third-order valence-corrected chi connectivity index (χ3v) is 2.38. The molecule has 0 spiro atoms. The van der Waals surface area contributed by atoms with Crippen LogP contribution in [-0.2, 0) is 0 Å². The Kier molecular flexibility index (Phi) is 5.49. The summed E-state index contributed by atoms with van der Waals surface area (Å²) in [6.07, 6.45) is -0.416. The third kappa shape index (κ3) is 4.87. The quantitative estimate of drug-likeness (QED) is 0.770. The number of nitrogens with one attached hydrogen (secondary N) is 2. The number of carbonyl (C=O) groups excluding carboxylic acids is 1. The van der Waals surface area contributed by atoms with Gasteiger partial charge in [-0.25, -0.2) is 4.79 Å². The first-order chi connectivity index (χ1) is 8.13. The maximum atomic E-state index is 11.4. The van der Waals surface area contributed by atoms with E-state index in [1.165, 1.54) is 0 Å². The minimum Gasteiger partial charge on any atom is -0.410 e. The average molecular weight is 236 g/mol. The van der Waals surface area contributed by atoms with Gasteiger partial charge in [0.05, 0.1) is 0 Å². The van der Waals surface area contributed by atoms with E-state index in [1.54, 1.807) is 6.07 Å². The van der Waals surface area contributed by atoms with Crippen LogP contribution in [0.2, 0.25) is 0 Å². The highest BCUT2D eigenvalue weighted by atomic mass is 16.6. The van der Waals surface area contributed by atoms with E-state index in [0.29, 0.717) is 18.2 Å². The van der Waals surface area contributed by atoms with Crippen LogP contribution in [0.3, 0.4) is 0 Å². The number of likely N-dealkylation sites (N-methyl/N-ethyl adjacent to an activating group) is 1. The van der Waals surface area contributed by atoms with Crippen LogP contribution in [0, 0.1) is 0 Å². The van der Waals surface area contributed by atoms with Crippen molar-refractivity contribution in [3.05, 3.63) is 29.8 Å². The van der Waals surface area contributed by atoms with Crippen LogP contribution in [0.5, 0.6) is 5.75 Å². The highest BCUT2D eigenvalue weighted by Gasteiger charge is 2.05. The molecular weight excluding hydrogens is 216 g/mol. The van der Waals surface area contributed by atoms with Gasteiger partial charge < -0.3 is 15.4 Å². The second-order valence-electron chi connectivity index (χ2n) is 4.15. The Balaban J connectivity index is 2.50. The van der Waals surface area contributed by atoms with Crippen molar-refractivity contribution in [2.24, 2.45) is 0 Å². The molecule has 0 aromatic heterocycles. The first-order valence-electron chi connectivity index (χ1n) is 5.83. The normalized spacial score (nSPS) is 10.4. The lowest BCUT2D eigenvalue weighted by Crippen LogP contribution is -2.32. The van der Waals surface area contributed by atoms with Gasteiger partial charge in [0.1, 0.15) is 5.75 Å². The summed E-state index contributed by atoms with van der Waals surface area (Å²) in [4.78, 5) is 11.4. The van der Waals surface area contributed by atoms with E-state index in [9.17, 15) is 4.79 Å². The number of benzene rings is 1. The molecule has 0 aliphatic heterocycles. The van der Waals surface area contributed by atoms with Gasteiger partial charge in [-0.1, -0.05) is 26.0 Å². The predicted molar refractivity (Wildman–Crippen MR) is 68.5 cm³/mol. The standard InChI is InChI=1S/C13H20N2O2/c1-10(2)11-5-4-6-12(9-11)17-13(16)15-8-7-14-3/h4-6,9-10,14H,7-8H2,1-3H3,(H,15,16). The van der Waals surface area contributed by atoms with Crippen LogP contribution < -0.4 is 15.4 Å². The van der Waals surface area contributed by atoms with Gasteiger partial charge in [0.25, 0.3) is 0 Å². The minimum absolute atomic E-state index is 0.416. The van der Waals surface area contributed by atoms with Crippen molar-refractivity contribution < 1.29 is 9.53 Å². The van der Waals surface area contributed by atoms with Crippen LogP contribution in [-0.4, -0.2) is 26.2 Å². The van der Waals surface area contributed by atoms with Crippen LogP contribution in [0.4, 0.5) is 4.79 Å². The Labute approximate surface area is 102 Å². The largest absolute Gasteiger partial charge is 0.412 e. The summed E-state index contributed by atoms with van der Waals surface area (Å²) in [6.45, 7) is 5.48. The zero-order valence-electron chi connectivity index (χ0n) is 10.6. The first kappa shape index (κ1) is 13.5. The lowest BCUT2D eigenvalue weighted by atomic mass is 10.0. The molecule has 1 aromatic carbocycles. The highest BCUT2D eigenvalue weighted by Crippen LogP contribution is 2.19. The summed E-state index contributed by atoms with van der Waals surface area (Å²) in [5.74, 6) is 1.00. The molecule has 0 bridgehead atoms. The molecule has 0 aliphatic rings. The van der Waals surface area contributed by atoms with Crippen molar-refractivity contribution in [2.45, 2.75) is 19.8 Å². The zero-order valence-corrected chi connectivity index (χ0v) is 10.6. The fourth-order valence-electron chi connectivity index (χ4n) is 1.37. The fraction of sp³-hybridized carbons (Fsp3) is 0.462. The summed E-state index contributed by atoms with van der Waals surface area (Å²) in [7, 11) is 1.83. The second kappa shape index (κ2) is 6.91. The zero-order chi connectivity index (χ0) is 12.7. The van der Waals surface area contributed by atoms with Gasteiger partial charge in [-0.3, -0.25) is 0 Å². The molecule has 17 heavy (non-hydrogen) atoms. The van der Waals surface area contributed by atoms with Crippen LogP contribution in [0.25, 0.3) is 0 Å². The summed E-state index contributed by atoms with van der Waals surface area (Å²) in [5.41, 5.74) is 1.16. The summed E-state index contributed by atoms with van der Waals surface area (Å²) < 4.78 is 5.17. The molecule has 0 heterocycles. The Hall–Kier alpha value is -1.55. The summed E-state index contributed by atoms with van der Waals surface area (Å²) in [6, 6.07) is 7.59. The lowest BCUT2D eigenvalue weighted by Gasteiger charge is -2.09. The molecule has 2 N–H and O–H groups in total. The lowest BCUT2D eigenvalue weighted by molar-refractivity contribution is 0.200. The summed E-state index contributed by atoms with van der Waals surface area (Å²) >= 11 is 0. The first-order valence-corrected chi connectivity index (χ1v) is 5.83. The third-order valence-electron chi connectivity index (χ3n) is 2.38. The molecule has 0 fully saturated rings. The van der Waals surface area contributed by atoms with Crippen LogP contribution in [0.15, 0.2) is 24.3 Å². The number of hydrogen-bond acceptors (Lipinski definition) is 3. The summed E-state index contributed by atoms with van der Waals surface area (Å²) in [5, 5.41) is 5.60. The van der Waals surface area contributed by atoms with Crippen molar-refractivity contribution in [3.63, 3.8) is 0 Å². The van der Waals surface area contributed by atoms with Crippen LogP contribution >= 0.6 is 0 Å². The van der Waals surface area contributed by atoms with Gasteiger partial charge in [0.15, 0.2) is 0 Å². The molecule has 0 saturated heterocycles. The number of hydrogen-bond donors (Lipinski definition) is 2. The van der Waals surface area contributed by atoms with E-state index in [0.717, 1.165) is 12.1 Å². The minimum atomic E-state index is -0.416. The van der Waals surface area contributed by atoms with E-state index in [-0.39, 0.29) is 0 Å². The van der Waals surface area contributed by atoms with E-state index in [2.05, 4.69) is 24.5 Å². The SMILES string of the molecule is CNCCNC(=O)Oc1cccc(C(C)C)c1. The Morgan fingerprint density at radius 3 is 2.76 bits per heavy atom. The second-order valence-corrected chi connectivity index (χ2v) is 4.15. The molecular formula is C13H20N2O2. The Bertz CT molecular complexity index is 364. The van der Waals surface area contributed by atoms with Crippen molar-refractivity contribution in [1.29, 1.82) is 0 Å². The molecule has 94 valence electrons.